The summed E-state index contributed by atoms with van der Waals surface area (Å²) in [5.41, 5.74) is 3.33. The predicted octanol–water partition coefficient (Wildman–Crippen LogP) is 6.16. The predicted molar refractivity (Wildman–Crippen MR) is 106 cm³/mol. The molecule has 0 unspecified atom stereocenters. The van der Waals surface area contributed by atoms with E-state index in [4.69, 9.17) is 0 Å². The summed E-state index contributed by atoms with van der Waals surface area (Å²) in [4.78, 5) is 0. The van der Waals surface area contributed by atoms with E-state index in [1.807, 2.05) is 32.0 Å². The van der Waals surface area contributed by atoms with Crippen LogP contribution in [-0.2, 0) is 0 Å². The fraction of sp³-hybridized carbons (Fsp3) is 0.360. The first-order chi connectivity index (χ1) is 12.9. The second-order valence-electron chi connectivity index (χ2n) is 7.59. The third-order valence-electron chi connectivity index (χ3n) is 5.32. The van der Waals surface area contributed by atoms with Gasteiger partial charge in [0.25, 0.3) is 0 Å². The monoisotopic (exact) mass is 362 g/mol. The van der Waals surface area contributed by atoms with Gasteiger partial charge in [0.05, 0.1) is 5.56 Å². The SMILES string of the molecule is Cc1ccc(C#Cc2cc(F)c(C#CC3CCC(C)CC3)c(F)c2)cc1C. The molecular formula is C25H24F2. The Kier molecular flexibility index (Phi) is 5.98. The van der Waals surface area contributed by atoms with E-state index in [1.54, 1.807) is 0 Å². The van der Waals surface area contributed by atoms with Gasteiger partial charge in [-0.1, -0.05) is 36.7 Å². The van der Waals surface area contributed by atoms with Crippen LogP contribution in [0, 0.1) is 61.0 Å². The zero-order chi connectivity index (χ0) is 19.4. The average molecular weight is 362 g/mol. The Morgan fingerprint density at radius 1 is 0.778 bits per heavy atom. The summed E-state index contributed by atoms with van der Waals surface area (Å²) in [5, 5.41) is 0. The summed E-state index contributed by atoms with van der Waals surface area (Å²) in [5.74, 6) is 11.3. The maximum Gasteiger partial charge on any atom is 0.143 e. The molecule has 1 saturated carbocycles. The van der Waals surface area contributed by atoms with Crippen LogP contribution in [0.3, 0.4) is 0 Å². The Morgan fingerprint density at radius 3 is 2.04 bits per heavy atom. The lowest BCUT2D eigenvalue weighted by Crippen LogP contribution is -2.10. The van der Waals surface area contributed by atoms with Crippen LogP contribution in [0.4, 0.5) is 8.78 Å². The number of benzene rings is 2. The molecule has 0 radical (unpaired) electrons. The van der Waals surface area contributed by atoms with Crippen LogP contribution in [0.2, 0.25) is 0 Å². The summed E-state index contributed by atoms with van der Waals surface area (Å²) in [7, 11) is 0. The maximum atomic E-state index is 14.4. The number of hydrogen-bond donors (Lipinski definition) is 0. The minimum Gasteiger partial charge on any atom is -0.205 e. The average Bonchev–Trinajstić information content (AvgIpc) is 2.63. The lowest BCUT2D eigenvalue weighted by Gasteiger charge is -2.21. The van der Waals surface area contributed by atoms with Crippen LogP contribution in [0.25, 0.3) is 0 Å². The molecule has 2 aromatic rings. The van der Waals surface area contributed by atoms with Crippen molar-refractivity contribution in [3.8, 4) is 23.7 Å². The van der Waals surface area contributed by atoms with E-state index >= 15 is 0 Å². The van der Waals surface area contributed by atoms with E-state index < -0.39 is 11.6 Å². The Labute approximate surface area is 161 Å². The maximum absolute atomic E-state index is 14.4. The first kappa shape index (κ1) is 19.2. The Bertz CT molecular complexity index is 932. The van der Waals surface area contributed by atoms with E-state index in [0.29, 0.717) is 5.56 Å². The molecule has 1 fully saturated rings. The zero-order valence-corrected chi connectivity index (χ0v) is 16.1. The van der Waals surface area contributed by atoms with Crippen LogP contribution < -0.4 is 0 Å². The van der Waals surface area contributed by atoms with Crippen molar-refractivity contribution in [2.45, 2.75) is 46.5 Å². The van der Waals surface area contributed by atoms with Crippen molar-refractivity contribution in [2.75, 3.05) is 0 Å². The van der Waals surface area contributed by atoms with Crippen molar-refractivity contribution >= 4 is 0 Å². The van der Waals surface area contributed by atoms with Gasteiger partial charge in [-0.05, 0) is 80.8 Å². The number of hydrogen-bond acceptors (Lipinski definition) is 0. The smallest absolute Gasteiger partial charge is 0.143 e. The normalized spacial score (nSPS) is 18.9. The van der Waals surface area contributed by atoms with Crippen molar-refractivity contribution in [2.24, 2.45) is 11.8 Å². The van der Waals surface area contributed by atoms with Crippen LogP contribution in [0.1, 0.15) is 60.4 Å². The molecule has 138 valence electrons. The molecule has 1 aliphatic rings. The van der Waals surface area contributed by atoms with Gasteiger partial charge in [0.2, 0.25) is 0 Å². The summed E-state index contributed by atoms with van der Waals surface area (Å²) in [6.07, 6.45) is 4.29. The largest absolute Gasteiger partial charge is 0.205 e. The highest BCUT2D eigenvalue weighted by Gasteiger charge is 2.16. The second-order valence-corrected chi connectivity index (χ2v) is 7.59. The topological polar surface area (TPSA) is 0 Å². The molecule has 0 nitrogen and oxygen atoms in total. The molecule has 0 heterocycles. The Hall–Kier alpha value is -2.58. The van der Waals surface area contributed by atoms with Crippen LogP contribution in [-0.4, -0.2) is 0 Å². The molecule has 0 spiro atoms. The third-order valence-corrected chi connectivity index (χ3v) is 5.32. The standard InChI is InChI=1S/C25H24F2/c1-17-4-7-20(8-5-17)12-13-23-24(26)15-22(16-25(23)27)11-10-21-9-6-18(2)19(3)14-21/h6,9,14-17,20H,4-5,7-8H2,1-3H3. The lowest BCUT2D eigenvalue weighted by atomic mass is 9.83. The van der Waals surface area contributed by atoms with E-state index in [0.717, 1.165) is 42.7 Å². The van der Waals surface area contributed by atoms with Crippen molar-refractivity contribution in [1.29, 1.82) is 0 Å². The fourth-order valence-electron chi connectivity index (χ4n) is 3.31. The Morgan fingerprint density at radius 2 is 1.41 bits per heavy atom. The molecule has 0 bridgehead atoms. The van der Waals surface area contributed by atoms with E-state index in [-0.39, 0.29) is 11.5 Å². The van der Waals surface area contributed by atoms with Gasteiger partial charge in [0.1, 0.15) is 11.6 Å². The third kappa shape index (κ3) is 4.99. The molecule has 0 amide bonds. The first-order valence-electron chi connectivity index (χ1n) is 9.52. The summed E-state index contributed by atoms with van der Waals surface area (Å²) < 4.78 is 28.7. The molecule has 0 N–H and O–H groups in total. The van der Waals surface area contributed by atoms with Gasteiger partial charge >= 0.3 is 0 Å². The molecule has 0 aliphatic heterocycles. The number of aryl methyl sites for hydroxylation is 2. The highest BCUT2D eigenvalue weighted by Crippen LogP contribution is 2.27. The van der Waals surface area contributed by atoms with Gasteiger partial charge < -0.3 is 0 Å². The molecule has 0 atom stereocenters. The van der Waals surface area contributed by atoms with Gasteiger partial charge in [-0.15, -0.1) is 0 Å². The minimum absolute atomic E-state index is 0.148. The van der Waals surface area contributed by atoms with E-state index in [1.165, 1.54) is 17.7 Å². The van der Waals surface area contributed by atoms with Gasteiger partial charge in [-0.25, -0.2) is 8.78 Å². The van der Waals surface area contributed by atoms with Gasteiger partial charge in [0.15, 0.2) is 0 Å². The molecule has 1 aliphatic carbocycles. The minimum atomic E-state index is -0.643. The van der Waals surface area contributed by atoms with Crippen molar-refractivity contribution in [3.05, 3.63) is 69.8 Å². The number of halogens is 2. The van der Waals surface area contributed by atoms with E-state index in [2.05, 4.69) is 30.6 Å². The van der Waals surface area contributed by atoms with Crippen LogP contribution in [0.5, 0.6) is 0 Å². The molecule has 0 aromatic heterocycles. The molecular weight excluding hydrogens is 338 g/mol. The lowest BCUT2D eigenvalue weighted by molar-refractivity contribution is 0.337. The summed E-state index contributed by atoms with van der Waals surface area (Å²) >= 11 is 0. The van der Waals surface area contributed by atoms with Gasteiger partial charge in [-0.3, -0.25) is 0 Å². The van der Waals surface area contributed by atoms with Crippen LogP contribution in [0.15, 0.2) is 30.3 Å². The van der Waals surface area contributed by atoms with Gasteiger partial charge in [0, 0.05) is 17.0 Å². The summed E-state index contributed by atoms with van der Waals surface area (Å²) in [6.45, 7) is 6.28. The van der Waals surface area contributed by atoms with Crippen molar-refractivity contribution < 1.29 is 8.78 Å². The van der Waals surface area contributed by atoms with Crippen LogP contribution >= 0.6 is 0 Å². The molecule has 2 aromatic carbocycles. The summed E-state index contributed by atoms with van der Waals surface area (Å²) in [6, 6.07) is 8.41. The fourth-order valence-corrected chi connectivity index (χ4v) is 3.31. The highest BCUT2D eigenvalue weighted by molar-refractivity contribution is 5.48. The van der Waals surface area contributed by atoms with E-state index in [9.17, 15) is 8.78 Å². The molecule has 27 heavy (non-hydrogen) atoms. The first-order valence-corrected chi connectivity index (χ1v) is 9.52. The highest BCUT2D eigenvalue weighted by atomic mass is 19.1. The van der Waals surface area contributed by atoms with Crippen molar-refractivity contribution in [3.63, 3.8) is 0 Å². The zero-order valence-electron chi connectivity index (χ0n) is 16.1. The molecule has 3 rings (SSSR count). The Balaban J connectivity index is 1.79. The number of rotatable bonds is 0. The van der Waals surface area contributed by atoms with Gasteiger partial charge in [-0.2, -0.15) is 0 Å². The molecule has 2 heteroatoms. The van der Waals surface area contributed by atoms with Crippen molar-refractivity contribution in [1.82, 2.24) is 0 Å². The quantitative estimate of drug-likeness (QED) is 0.492. The molecule has 0 saturated heterocycles. The second kappa shape index (κ2) is 8.41.